The van der Waals surface area contributed by atoms with Crippen LogP contribution in [0.3, 0.4) is 0 Å². The zero-order chi connectivity index (χ0) is 20.9. The second-order valence-corrected chi connectivity index (χ2v) is 7.88. The lowest BCUT2D eigenvalue weighted by Gasteiger charge is -2.08. The van der Waals surface area contributed by atoms with Crippen LogP contribution in [0.15, 0.2) is 70.4 Å². The van der Waals surface area contributed by atoms with Crippen LogP contribution < -0.4 is 10.1 Å². The molecule has 0 atom stereocenters. The number of benzene rings is 1. The third-order valence-corrected chi connectivity index (χ3v) is 5.84. The Hall–Kier alpha value is -3.19. The fourth-order valence-electron chi connectivity index (χ4n) is 3.20. The number of ether oxygens (including phenoxy) is 1. The van der Waals surface area contributed by atoms with Crippen molar-refractivity contribution in [2.75, 3.05) is 7.11 Å². The van der Waals surface area contributed by atoms with Crippen LogP contribution in [0.5, 0.6) is 5.75 Å². The Kier molecular flexibility index (Phi) is 6.09. The molecule has 6 nitrogen and oxygen atoms in total. The summed E-state index contributed by atoms with van der Waals surface area (Å²) in [5.41, 5.74) is 2.19. The topological polar surface area (TPSA) is 69.3 Å². The molecule has 0 aliphatic carbocycles. The van der Waals surface area contributed by atoms with Crippen LogP contribution in [0.4, 0.5) is 0 Å². The van der Waals surface area contributed by atoms with Gasteiger partial charge in [-0.05, 0) is 48.9 Å². The van der Waals surface area contributed by atoms with E-state index in [-0.39, 0.29) is 12.5 Å². The molecule has 0 saturated heterocycles. The van der Waals surface area contributed by atoms with Gasteiger partial charge >= 0.3 is 0 Å². The highest BCUT2D eigenvalue weighted by Crippen LogP contribution is 2.29. The number of thioether (sulfide) groups is 1. The molecule has 1 aromatic carbocycles. The fourth-order valence-corrected chi connectivity index (χ4v) is 4.16. The lowest BCUT2D eigenvalue weighted by molar-refractivity contribution is -0.121. The zero-order valence-corrected chi connectivity index (χ0v) is 17.7. The van der Waals surface area contributed by atoms with E-state index in [2.05, 4.69) is 22.4 Å². The van der Waals surface area contributed by atoms with Crippen LogP contribution in [-0.2, 0) is 23.6 Å². The Morgan fingerprint density at radius 1 is 1.17 bits per heavy atom. The third kappa shape index (κ3) is 4.68. The maximum absolute atomic E-state index is 12.4. The van der Waals surface area contributed by atoms with Crippen molar-refractivity contribution in [3.63, 3.8) is 0 Å². The van der Waals surface area contributed by atoms with E-state index in [0.29, 0.717) is 6.54 Å². The lowest BCUT2D eigenvalue weighted by Crippen LogP contribution is -2.26. The van der Waals surface area contributed by atoms with E-state index in [0.717, 1.165) is 39.0 Å². The molecule has 0 radical (unpaired) electrons. The first-order valence-electron chi connectivity index (χ1n) is 9.64. The highest BCUT2D eigenvalue weighted by atomic mass is 32.2. The fraction of sp³-hybridized carbons (Fsp3) is 0.217. The van der Waals surface area contributed by atoms with Gasteiger partial charge < -0.3 is 19.0 Å². The van der Waals surface area contributed by atoms with E-state index >= 15 is 0 Å². The highest BCUT2D eigenvalue weighted by molar-refractivity contribution is 7.98. The minimum absolute atomic E-state index is 0.0641. The van der Waals surface area contributed by atoms with Crippen molar-refractivity contribution in [2.45, 2.75) is 30.8 Å². The Labute approximate surface area is 179 Å². The van der Waals surface area contributed by atoms with E-state index in [1.54, 1.807) is 25.1 Å². The Morgan fingerprint density at radius 2 is 2.00 bits per heavy atom. The summed E-state index contributed by atoms with van der Waals surface area (Å²) in [7, 11) is 1.66. The summed E-state index contributed by atoms with van der Waals surface area (Å²) in [5, 5.41) is 4.90. The molecule has 0 saturated carbocycles. The molecule has 30 heavy (non-hydrogen) atoms. The molecule has 3 heterocycles. The summed E-state index contributed by atoms with van der Waals surface area (Å²) < 4.78 is 12.6. The molecule has 0 aliphatic rings. The van der Waals surface area contributed by atoms with Crippen LogP contribution in [0.2, 0.25) is 0 Å². The van der Waals surface area contributed by atoms with Gasteiger partial charge in [-0.3, -0.25) is 4.79 Å². The van der Waals surface area contributed by atoms with E-state index in [4.69, 9.17) is 9.15 Å². The van der Waals surface area contributed by atoms with Gasteiger partial charge in [0.05, 0.1) is 19.2 Å². The maximum atomic E-state index is 12.4. The van der Waals surface area contributed by atoms with Gasteiger partial charge in [0.25, 0.3) is 0 Å². The monoisotopic (exact) mass is 421 g/mol. The normalized spacial score (nSPS) is 11.0. The molecular formula is C23H23N3O3S. The second-order valence-electron chi connectivity index (χ2n) is 6.92. The molecule has 3 aromatic heterocycles. The van der Waals surface area contributed by atoms with Gasteiger partial charge in [0.2, 0.25) is 5.91 Å². The molecule has 1 amide bonds. The molecular weight excluding hydrogens is 398 g/mol. The van der Waals surface area contributed by atoms with E-state index < -0.39 is 0 Å². The van der Waals surface area contributed by atoms with E-state index in [1.165, 1.54) is 5.56 Å². The van der Waals surface area contributed by atoms with Crippen LogP contribution in [0.1, 0.15) is 17.1 Å². The quantitative estimate of drug-likeness (QED) is 0.423. The standard InChI is InChI=1S/C23H23N3O3S/c1-16-3-6-19(29-16)13-25-22(27)14-26-12-10-20-21(26)9-11-24-23(20)30-15-17-4-7-18(28-2)8-5-17/h3-12H,13-15H2,1-2H3,(H,25,27). The van der Waals surface area contributed by atoms with Crippen molar-refractivity contribution >= 4 is 28.6 Å². The summed E-state index contributed by atoms with van der Waals surface area (Å²) in [4.78, 5) is 16.9. The van der Waals surface area contributed by atoms with Gasteiger partial charge in [-0.2, -0.15) is 0 Å². The molecule has 0 aliphatic heterocycles. The number of hydrogen-bond donors (Lipinski definition) is 1. The number of aromatic nitrogens is 2. The zero-order valence-electron chi connectivity index (χ0n) is 16.9. The number of nitrogens with zero attached hydrogens (tertiary/aromatic N) is 2. The minimum Gasteiger partial charge on any atom is -0.497 e. The van der Waals surface area contributed by atoms with Gasteiger partial charge in [-0.25, -0.2) is 4.98 Å². The molecule has 4 aromatic rings. The molecule has 7 heteroatoms. The molecule has 154 valence electrons. The maximum Gasteiger partial charge on any atom is 0.240 e. The molecule has 0 fully saturated rings. The molecule has 1 N–H and O–H groups in total. The largest absolute Gasteiger partial charge is 0.497 e. The van der Waals surface area contributed by atoms with Crippen LogP contribution in [0.25, 0.3) is 10.9 Å². The molecule has 0 unspecified atom stereocenters. The summed E-state index contributed by atoms with van der Waals surface area (Å²) in [6, 6.07) is 15.8. The van der Waals surface area contributed by atoms with Gasteiger partial charge in [0, 0.05) is 23.5 Å². The first-order valence-corrected chi connectivity index (χ1v) is 10.6. The average molecular weight is 422 g/mol. The first-order chi connectivity index (χ1) is 14.6. The van der Waals surface area contributed by atoms with Crippen molar-refractivity contribution in [3.8, 4) is 5.75 Å². The summed E-state index contributed by atoms with van der Waals surface area (Å²) in [6.45, 7) is 2.52. The van der Waals surface area contributed by atoms with Crippen LogP contribution >= 0.6 is 11.8 Å². The smallest absolute Gasteiger partial charge is 0.240 e. The van der Waals surface area contributed by atoms with Gasteiger partial charge in [-0.15, -0.1) is 11.8 Å². The number of hydrogen-bond acceptors (Lipinski definition) is 5. The van der Waals surface area contributed by atoms with Gasteiger partial charge in [-0.1, -0.05) is 12.1 Å². The van der Waals surface area contributed by atoms with Crippen molar-refractivity contribution in [1.29, 1.82) is 0 Å². The van der Waals surface area contributed by atoms with E-state index in [9.17, 15) is 4.79 Å². The average Bonchev–Trinajstić information content (AvgIpc) is 3.37. The highest BCUT2D eigenvalue weighted by Gasteiger charge is 2.11. The van der Waals surface area contributed by atoms with E-state index in [1.807, 2.05) is 54.1 Å². The minimum atomic E-state index is -0.0641. The van der Waals surface area contributed by atoms with Crippen molar-refractivity contribution in [3.05, 3.63) is 78.0 Å². The molecule has 0 spiro atoms. The molecule has 0 bridgehead atoms. The summed E-state index contributed by atoms with van der Waals surface area (Å²) in [6.07, 6.45) is 3.72. The third-order valence-electron chi connectivity index (χ3n) is 4.77. The van der Waals surface area contributed by atoms with Crippen LogP contribution in [-0.4, -0.2) is 22.6 Å². The molecule has 4 rings (SSSR count). The second kappa shape index (κ2) is 9.09. The number of fused-ring (bicyclic) bond motifs is 1. The number of furan rings is 1. The van der Waals surface area contributed by atoms with Crippen molar-refractivity contribution < 1.29 is 13.9 Å². The predicted octanol–water partition coefficient (Wildman–Crippen LogP) is 4.56. The van der Waals surface area contributed by atoms with Crippen molar-refractivity contribution in [1.82, 2.24) is 14.9 Å². The number of aryl methyl sites for hydroxylation is 1. The number of pyridine rings is 1. The van der Waals surface area contributed by atoms with Crippen LogP contribution in [0, 0.1) is 6.92 Å². The number of carbonyl (C=O) groups excluding carboxylic acids is 1. The summed E-state index contributed by atoms with van der Waals surface area (Å²) >= 11 is 1.68. The number of carbonyl (C=O) groups is 1. The summed E-state index contributed by atoms with van der Waals surface area (Å²) in [5.74, 6) is 3.18. The Balaban J connectivity index is 1.41. The number of rotatable bonds is 8. The number of methoxy groups -OCH3 is 1. The van der Waals surface area contributed by atoms with Gasteiger partial charge in [0.1, 0.15) is 28.8 Å². The first kappa shape index (κ1) is 20.1. The number of amides is 1. The van der Waals surface area contributed by atoms with Gasteiger partial charge in [0.15, 0.2) is 0 Å². The lowest BCUT2D eigenvalue weighted by atomic mass is 10.2. The van der Waals surface area contributed by atoms with Crippen molar-refractivity contribution in [2.24, 2.45) is 0 Å². The number of nitrogens with one attached hydrogen (secondary N) is 1. The SMILES string of the molecule is COc1ccc(CSc2nccc3c2ccn3CC(=O)NCc2ccc(C)o2)cc1. The predicted molar refractivity (Wildman–Crippen MR) is 118 cm³/mol. The Morgan fingerprint density at radius 3 is 2.73 bits per heavy atom. The Bertz CT molecular complexity index is 1150.